The molecule has 1 N–H and O–H groups in total. The number of pyridine rings is 1. The lowest BCUT2D eigenvalue weighted by molar-refractivity contribution is -0.0293. The summed E-state index contributed by atoms with van der Waals surface area (Å²) in [6.07, 6.45) is 5.63. The maximum absolute atomic E-state index is 11.0. The number of aromatic nitrogens is 1. The van der Waals surface area contributed by atoms with E-state index in [1.807, 2.05) is 18.2 Å². The third-order valence-corrected chi connectivity index (χ3v) is 4.58. The van der Waals surface area contributed by atoms with Crippen LogP contribution in [0.25, 0.3) is 10.9 Å². The molecule has 0 aliphatic heterocycles. The molecule has 2 aromatic rings. The Labute approximate surface area is 114 Å². The third-order valence-electron chi connectivity index (χ3n) is 4.58. The lowest BCUT2D eigenvalue weighted by Gasteiger charge is -2.41. The standard InChI is InChI=1S/C17H21NO/c1-16(2)8-10-17(19,11-9-16)14-6-3-7-15-13(14)5-4-12-18-15/h3-7,12,19H,8-11H2,1-2H3. The van der Waals surface area contributed by atoms with Crippen molar-refractivity contribution >= 4 is 10.9 Å². The van der Waals surface area contributed by atoms with Crippen LogP contribution in [-0.2, 0) is 5.60 Å². The van der Waals surface area contributed by atoms with Gasteiger partial charge in [0.25, 0.3) is 0 Å². The molecular formula is C17H21NO. The van der Waals surface area contributed by atoms with Crippen molar-refractivity contribution in [3.05, 3.63) is 42.1 Å². The molecule has 1 aromatic carbocycles. The second-order valence-electron chi connectivity index (χ2n) is 6.57. The molecule has 1 aliphatic rings. The Kier molecular flexibility index (Phi) is 2.86. The Balaban J connectivity index is 2.05. The predicted molar refractivity (Wildman–Crippen MR) is 77.9 cm³/mol. The highest BCUT2D eigenvalue weighted by atomic mass is 16.3. The van der Waals surface area contributed by atoms with Crippen LogP contribution in [0.3, 0.4) is 0 Å². The summed E-state index contributed by atoms with van der Waals surface area (Å²) < 4.78 is 0. The van der Waals surface area contributed by atoms with E-state index < -0.39 is 5.60 Å². The van der Waals surface area contributed by atoms with E-state index in [1.165, 1.54) is 0 Å². The van der Waals surface area contributed by atoms with Gasteiger partial charge in [0, 0.05) is 11.6 Å². The lowest BCUT2D eigenvalue weighted by atomic mass is 9.68. The van der Waals surface area contributed by atoms with Gasteiger partial charge in [0.1, 0.15) is 0 Å². The average Bonchev–Trinajstić information content (AvgIpc) is 2.42. The molecule has 0 saturated heterocycles. The van der Waals surface area contributed by atoms with E-state index in [4.69, 9.17) is 0 Å². The van der Waals surface area contributed by atoms with Crippen LogP contribution in [0.5, 0.6) is 0 Å². The molecule has 1 aliphatic carbocycles. The van der Waals surface area contributed by atoms with Crippen molar-refractivity contribution < 1.29 is 5.11 Å². The first-order chi connectivity index (χ1) is 9.00. The SMILES string of the molecule is CC1(C)CCC(O)(c2cccc3ncccc23)CC1. The van der Waals surface area contributed by atoms with Crippen molar-refractivity contribution in [1.29, 1.82) is 0 Å². The summed E-state index contributed by atoms with van der Waals surface area (Å²) in [5.41, 5.74) is 1.69. The van der Waals surface area contributed by atoms with Gasteiger partial charge in [-0.3, -0.25) is 4.98 Å². The average molecular weight is 255 g/mol. The van der Waals surface area contributed by atoms with Gasteiger partial charge in [0.05, 0.1) is 11.1 Å². The highest BCUT2D eigenvalue weighted by Crippen LogP contribution is 2.46. The molecule has 2 nitrogen and oxygen atoms in total. The first-order valence-electron chi connectivity index (χ1n) is 7.07. The van der Waals surface area contributed by atoms with Crippen molar-refractivity contribution in [3.8, 4) is 0 Å². The summed E-state index contributed by atoms with van der Waals surface area (Å²) >= 11 is 0. The first-order valence-corrected chi connectivity index (χ1v) is 7.07. The molecule has 0 amide bonds. The molecular weight excluding hydrogens is 234 g/mol. The second-order valence-corrected chi connectivity index (χ2v) is 6.57. The highest BCUT2D eigenvalue weighted by molar-refractivity contribution is 5.82. The largest absolute Gasteiger partial charge is 0.385 e. The van der Waals surface area contributed by atoms with Crippen molar-refractivity contribution in [3.63, 3.8) is 0 Å². The molecule has 1 heterocycles. The van der Waals surface area contributed by atoms with E-state index in [-0.39, 0.29) is 0 Å². The summed E-state index contributed by atoms with van der Waals surface area (Å²) in [5, 5.41) is 12.1. The minimum atomic E-state index is -0.682. The normalized spacial score (nSPS) is 21.4. The van der Waals surface area contributed by atoms with Gasteiger partial charge in [-0.1, -0.05) is 32.0 Å². The molecule has 2 heteroatoms. The predicted octanol–water partition coefficient (Wildman–Crippen LogP) is 4.02. The number of fused-ring (bicyclic) bond motifs is 1. The quantitative estimate of drug-likeness (QED) is 0.834. The summed E-state index contributed by atoms with van der Waals surface area (Å²) in [6.45, 7) is 4.58. The smallest absolute Gasteiger partial charge is 0.0903 e. The molecule has 0 bridgehead atoms. The number of benzene rings is 1. The summed E-state index contributed by atoms with van der Waals surface area (Å²) in [5.74, 6) is 0. The number of aliphatic hydroxyl groups is 1. The van der Waals surface area contributed by atoms with Crippen LogP contribution < -0.4 is 0 Å². The molecule has 100 valence electrons. The summed E-state index contributed by atoms with van der Waals surface area (Å²) in [4.78, 5) is 4.39. The van der Waals surface area contributed by atoms with Crippen LogP contribution in [-0.4, -0.2) is 10.1 Å². The Morgan fingerprint density at radius 2 is 1.74 bits per heavy atom. The zero-order chi connectivity index (χ0) is 13.5. The number of hydrogen-bond acceptors (Lipinski definition) is 2. The zero-order valence-corrected chi connectivity index (χ0v) is 11.7. The minimum Gasteiger partial charge on any atom is -0.385 e. The molecule has 19 heavy (non-hydrogen) atoms. The summed E-state index contributed by atoms with van der Waals surface area (Å²) in [6, 6.07) is 10.1. The van der Waals surface area contributed by atoms with Gasteiger partial charge in [-0.25, -0.2) is 0 Å². The fraction of sp³-hybridized carbons (Fsp3) is 0.471. The fourth-order valence-electron chi connectivity index (χ4n) is 3.12. The van der Waals surface area contributed by atoms with Crippen LogP contribution in [0, 0.1) is 5.41 Å². The van der Waals surface area contributed by atoms with Gasteiger partial charge in [-0.15, -0.1) is 0 Å². The van der Waals surface area contributed by atoms with Gasteiger partial charge in [-0.05, 0) is 48.8 Å². The number of nitrogens with zero attached hydrogens (tertiary/aromatic N) is 1. The molecule has 1 saturated carbocycles. The van der Waals surface area contributed by atoms with E-state index in [2.05, 4.69) is 31.0 Å². The van der Waals surface area contributed by atoms with Crippen LogP contribution in [0.15, 0.2) is 36.5 Å². The molecule has 1 aromatic heterocycles. The Morgan fingerprint density at radius 1 is 1.00 bits per heavy atom. The van der Waals surface area contributed by atoms with E-state index >= 15 is 0 Å². The molecule has 0 radical (unpaired) electrons. The molecule has 3 rings (SSSR count). The van der Waals surface area contributed by atoms with Gasteiger partial charge < -0.3 is 5.11 Å². The van der Waals surface area contributed by atoms with Gasteiger partial charge in [0.15, 0.2) is 0 Å². The molecule has 0 atom stereocenters. The number of hydrogen-bond donors (Lipinski definition) is 1. The minimum absolute atomic E-state index is 0.356. The Hall–Kier alpha value is -1.41. The van der Waals surface area contributed by atoms with Crippen molar-refractivity contribution in [2.45, 2.75) is 45.1 Å². The van der Waals surface area contributed by atoms with Crippen LogP contribution >= 0.6 is 0 Å². The zero-order valence-electron chi connectivity index (χ0n) is 11.7. The fourth-order valence-corrected chi connectivity index (χ4v) is 3.12. The summed E-state index contributed by atoms with van der Waals surface area (Å²) in [7, 11) is 0. The van der Waals surface area contributed by atoms with E-state index in [1.54, 1.807) is 6.20 Å². The van der Waals surface area contributed by atoms with Gasteiger partial charge in [0.2, 0.25) is 0 Å². The van der Waals surface area contributed by atoms with Crippen molar-refractivity contribution in [2.75, 3.05) is 0 Å². The monoisotopic (exact) mass is 255 g/mol. The Bertz CT molecular complexity index is 588. The Morgan fingerprint density at radius 3 is 2.47 bits per heavy atom. The maximum atomic E-state index is 11.0. The third kappa shape index (κ3) is 2.25. The van der Waals surface area contributed by atoms with Crippen molar-refractivity contribution in [1.82, 2.24) is 4.98 Å². The number of rotatable bonds is 1. The van der Waals surface area contributed by atoms with E-state index in [0.717, 1.165) is 42.1 Å². The van der Waals surface area contributed by atoms with E-state index in [0.29, 0.717) is 5.41 Å². The molecule has 0 unspecified atom stereocenters. The maximum Gasteiger partial charge on any atom is 0.0903 e. The second kappa shape index (κ2) is 4.31. The molecule has 0 spiro atoms. The van der Waals surface area contributed by atoms with Crippen LogP contribution in [0.1, 0.15) is 45.1 Å². The topological polar surface area (TPSA) is 33.1 Å². The van der Waals surface area contributed by atoms with Crippen LogP contribution in [0.4, 0.5) is 0 Å². The van der Waals surface area contributed by atoms with Gasteiger partial charge >= 0.3 is 0 Å². The van der Waals surface area contributed by atoms with Crippen LogP contribution in [0.2, 0.25) is 0 Å². The first kappa shape index (κ1) is 12.6. The van der Waals surface area contributed by atoms with Crippen molar-refractivity contribution in [2.24, 2.45) is 5.41 Å². The van der Waals surface area contributed by atoms with E-state index in [9.17, 15) is 5.11 Å². The van der Waals surface area contributed by atoms with Gasteiger partial charge in [-0.2, -0.15) is 0 Å². The lowest BCUT2D eigenvalue weighted by Crippen LogP contribution is -2.34. The highest BCUT2D eigenvalue weighted by Gasteiger charge is 2.38. The molecule has 1 fully saturated rings.